The monoisotopic (exact) mass is 453 g/mol. The molecule has 0 radical (unpaired) electrons. The summed E-state index contributed by atoms with van der Waals surface area (Å²) in [5.74, 6) is -0.979. The summed E-state index contributed by atoms with van der Waals surface area (Å²) in [7, 11) is 2.95. The van der Waals surface area contributed by atoms with Crippen LogP contribution in [0.4, 0.5) is 14.7 Å². The third-order valence-electron chi connectivity index (χ3n) is 5.41. The van der Waals surface area contributed by atoms with Gasteiger partial charge in [0.05, 0.1) is 23.9 Å². The number of nitrogens with one attached hydrogen (secondary N) is 1. The molecule has 1 aliphatic heterocycles. The Balaban J connectivity index is 2.30. The predicted molar refractivity (Wildman–Crippen MR) is 124 cm³/mol. The molecular weight excluding hydrogens is 428 g/mol. The van der Waals surface area contributed by atoms with Crippen LogP contribution in [0.1, 0.15) is 12.6 Å². The largest absolute Gasteiger partial charge is 0.494 e. The zero-order chi connectivity index (χ0) is 24.1. The lowest BCUT2D eigenvalue weighted by molar-refractivity contribution is 0.386. The van der Waals surface area contributed by atoms with Gasteiger partial charge in [0.1, 0.15) is 11.9 Å². The second kappa shape index (κ2) is 10.2. The van der Waals surface area contributed by atoms with Crippen molar-refractivity contribution in [1.82, 2.24) is 14.9 Å². The number of halogens is 2. The minimum absolute atomic E-state index is 0.0356. The molecule has 0 bridgehead atoms. The van der Waals surface area contributed by atoms with Gasteiger partial charge in [0.15, 0.2) is 11.6 Å². The highest BCUT2D eigenvalue weighted by atomic mass is 19.1. The third kappa shape index (κ3) is 4.86. The molecule has 0 saturated carbocycles. The molecule has 1 aliphatic rings. The van der Waals surface area contributed by atoms with Gasteiger partial charge in [0, 0.05) is 33.2 Å². The second-order valence-corrected chi connectivity index (χ2v) is 7.49. The smallest absolute Gasteiger partial charge is 0.263 e. The zero-order valence-electron chi connectivity index (χ0n) is 18.8. The molecule has 2 heterocycles. The number of nitrogens with zero attached hydrogens (tertiary/aromatic N) is 4. The van der Waals surface area contributed by atoms with E-state index in [1.165, 1.54) is 23.8 Å². The van der Waals surface area contributed by atoms with Gasteiger partial charge in [-0.2, -0.15) is 5.26 Å². The first-order valence-electron chi connectivity index (χ1n) is 10.3. The van der Waals surface area contributed by atoms with Crippen LogP contribution in [0.15, 0.2) is 53.1 Å². The number of ether oxygens (including phenoxy) is 1. The van der Waals surface area contributed by atoms with Gasteiger partial charge in [0.2, 0.25) is 5.95 Å². The lowest BCUT2D eigenvalue weighted by atomic mass is 10.00. The highest BCUT2D eigenvalue weighted by molar-refractivity contribution is 5.80. The van der Waals surface area contributed by atoms with E-state index in [-0.39, 0.29) is 28.1 Å². The summed E-state index contributed by atoms with van der Waals surface area (Å²) in [4.78, 5) is 20.2. The van der Waals surface area contributed by atoms with E-state index in [2.05, 4.69) is 11.9 Å². The maximum atomic E-state index is 14.6. The van der Waals surface area contributed by atoms with Crippen LogP contribution in [0.3, 0.4) is 0 Å². The van der Waals surface area contributed by atoms with Crippen molar-refractivity contribution in [2.45, 2.75) is 6.92 Å². The molecule has 0 spiro atoms. The van der Waals surface area contributed by atoms with Gasteiger partial charge >= 0.3 is 0 Å². The summed E-state index contributed by atoms with van der Waals surface area (Å²) in [5.41, 5.74) is 0.272. The number of anilines is 1. The molecule has 0 amide bonds. The van der Waals surface area contributed by atoms with Crippen molar-refractivity contribution in [3.8, 4) is 22.9 Å². The van der Waals surface area contributed by atoms with Gasteiger partial charge in [-0.25, -0.2) is 13.8 Å². The lowest BCUT2D eigenvalue weighted by Gasteiger charge is -2.30. The van der Waals surface area contributed by atoms with E-state index < -0.39 is 17.2 Å². The van der Waals surface area contributed by atoms with Gasteiger partial charge in [0.25, 0.3) is 5.56 Å². The van der Waals surface area contributed by atoms with Gasteiger partial charge in [-0.1, -0.05) is 12.6 Å². The van der Waals surface area contributed by atoms with E-state index in [0.29, 0.717) is 24.6 Å². The Morgan fingerprint density at radius 2 is 2.06 bits per heavy atom. The molecule has 2 aromatic rings. The Labute approximate surface area is 190 Å². The van der Waals surface area contributed by atoms with E-state index in [9.17, 15) is 13.6 Å². The maximum Gasteiger partial charge on any atom is 0.263 e. The maximum absolute atomic E-state index is 14.6. The van der Waals surface area contributed by atoms with Gasteiger partial charge in [-0.15, -0.1) is 0 Å². The molecule has 7 nitrogen and oxygen atoms in total. The summed E-state index contributed by atoms with van der Waals surface area (Å²) < 4.78 is 35.5. The van der Waals surface area contributed by atoms with Crippen LogP contribution < -0.4 is 20.5 Å². The van der Waals surface area contributed by atoms with Gasteiger partial charge in [-0.05, 0) is 42.3 Å². The van der Waals surface area contributed by atoms with Crippen LogP contribution in [-0.2, 0) is 7.05 Å². The van der Waals surface area contributed by atoms with Crippen molar-refractivity contribution in [3.63, 3.8) is 0 Å². The van der Waals surface area contributed by atoms with Crippen molar-refractivity contribution in [2.75, 3.05) is 38.2 Å². The molecule has 1 N–H and O–H groups in total. The molecule has 1 aromatic carbocycles. The van der Waals surface area contributed by atoms with Crippen LogP contribution in [-0.4, -0.2) is 42.8 Å². The first-order valence-corrected chi connectivity index (χ1v) is 10.3. The van der Waals surface area contributed by atoms with E-state index in [1.807, 2.05) is 4.90 Å². The van der Waals surface area contributed by atoms with E-state index >= 15 is 0 Å². The Bertz CT molecular complexity index is 1230. The Morgan fingerprint density at radius 1 is 1.36 bits per heavy atom. The first-order chi connectivity index (χ1) is 15.8. The third-order valence-corrected chi connectivity index (χ3v) is 5.41. The first kappa shape index (κ1) is 23.9. The Morgan fingerprint density at radius 3 is 2.64 bits per heavy atom. The number of piperazine rings is 1. The quantitative estimate of drug-likeness (QED) is 0.534. The predicted octanol–water partition coefficient (Wildman–Crippen LogP) is 3.34. The average Bonchev–Trinajstić information content (AvgIpc) is 2.81. The van der Waals surface area contributed by atoms with Crippen molar-refractivity contribution in [2.24, 2.45) is 7.05 Å². The number of nitriles is 1. The van der Waals surface area contributed by atoms with E-state index in [4.69, 9.17) is 15.0 Å². The topological polar surface area (TPSA) is 83.2 Å². The van der Waals surface area contributed by atoms with Crippen LogP contribution in [0.5, 0.6) is 5.75 Å². The number of hydrogen-bond acceptors (Lipinski definition) is 6. The van der Waals surface area contributed by atoms with Crippen molar-refractivity contribution in [3.05, 3.63) is 70.2 Å². The summed E-state index contributed by atoms with van der Waals surface area (Å²) in [6, 6.07) is 5.90. The lowest BCUT2D eigenvalue weighted by Crippen LogP contribution is -2.46. The number of benzene rings is 1. The molecule has 1 aromatic heterocycles. The van der Waals surface area contributed by atoms with Crippen molar-refractivity contribution >= 4 is 11.5 Å². The van der Waals surface area contributed by atoms with Crippen LogP contribution in [0.2, 0.25) is 0 Å². The minimum Gasteiger partial charge on any atom is -0.494 e. The Hall–Kier alpha value is -3.77. The molecule has 0 unspecified atom stereocenters. The summed E-state index contributed by atoms with van der Waals surface area (Å²) >= 11 is 0. The van der Waals surface area contributed by atoms with E-state index in [0.717, 1.165) is 25.2 Å². The molecule has 33 heavy (non-hydrogen) atoms. The van der Waals surface area contributed by atoms with Crippen LogP contribution in [0, 0.1) is 17.1 Å². The molecule has 0 atom stereocenters. The van der Waals surface area contributed by atoms with Gasteiger partial charge < -0.3 is 15.0 Å². The standard InChI is InChI=1S/C24H25F2N5O2/c1-5-16(14-27)18(25)12-15(2)22-21(17-6-7-20(33-4)19(26)13-17)23(32)30(3)24(29-22)31-10-8-28-9-11-31/h5-7,12-13,28H,1,8-11H2,2-4H3/b15-12+,18-16-. The summed E-state index contributed by atoms with van der Waals surface area (Å²) in [6.07, 6.45) is 2.25. The fourth-order valence-electron chi connectivity index (χ4n) is 3.64. The average molecular weight is 453 g/mol. The number of allylic oxidation sites excluding steroid dienone is 5. The summed E-state index contributed by atoms with van der Waals surface area (Å²) in [5, 5.41) is 12.3. The molecule has 3 rings (SSSR count). The molecule has 172 valence electrons. The fraction of sp³-hybridized carbons (Fsp3) is 0.292. The molecule has 1 fully saturated rings. The zero-order valence-corrected chi connectivity index (χ0v) is 18.8. The second-order valence-electron chi connectivity index (χ2n) is 7.49. The van der Waals surface area contributed by atoms with Crippen molar-refractivity contribution < 1.29 is 13.5 Å². The number of hydrogen-bond donors (Lipinski definition) is 1. The van der Waals surface area contributed by atoms with Gasteiger partial charge in [-0.3, -0.25) is 9.36 Å². The normalized spacial score (nSPS) is 15.0. The molecule has 0 aliphatic carbocycles. The van der Waals surface area contributed by atoms with Crippen LogP contribution >= 0.6 is 0 Å². The number of rotatable bonds is 6. The molecular formula is C24H25F2N5O2. The Kier molecular flexibility index (Phi) is 7.41. The highest BCUT2D eigenvalue weighted by Crippen LogP contribution is 2.30. The van der Waals surface area contributed by atoms with Crippen LogP contribution in [0.25, 0.3) is 16.7 Å². The minimum atomic E-state index is -0.803. The van der Waals surface area contributed by atoms with E-state index in [1.54, 1.807) is 26.1 Å². The molecule has 9 heteroatoms. The highest BCUT2D eigenvalue weighted by Gasteiger charge is 2.23. The molecule has 1 saturated heterocycles. The number of methoxy groups -OCH3 is 1. The number of aromatic nitrogens is 2. The SMILES string of the molecule is C=C/C(C#N)=C(F)\C=C(/C)c1nc(N2CCNCC2)n(C)c(=O)c1-c1ccc(OC)c(F)c1. The fourth-order valence-corrected chi connectivity index (χ4v) is 3.64. The summed E-state index contributed by atoms with van der Waals surface area (Å²) in [6.45, 7) is 7.77. The van der Waals surface area contributed by atoms with Crippen molar-refractivity contribution in [1.29, 1.82) is 5.26 Å².